The molecule has 2 heteroatoms. The monoisotopic (exact) mass is 388 g/mol. The predicted octanol–water partition coefficient (Wildman–Crippen LogP) is 5.91. The summed E-state index contributed by atoms with van der Waals surface area (Å²) in [4.78, 5) is 27.3. The molecule has 0 N–H and O–H groups in total. The molecule has 30 heavy (non-hydrogen) atoms. The molecule has 5 rings (SSSR count). The molecule has 0 spiro atoms. The fraction of sp³-hybridized carbons (Fsp3) is 0.0714. The van der Waals surface area contributed by atoms with Gasteiger partial charge in [-0.3, -0.25) is 9.59 Å². The van der Waals surface area contributed by atoms with E-state index >= 15 is 0 Å². The first-order valence-corrected chi connectivity index (χ1v) is 10.1. The van der Waals surface area contributed by atoms with E-state index in [2.05, 4.69) is 12.1 Å². The lowest BCUT2D eigenvalue weighted by atomic mass is 9.71. The van der Waals surface area contributed by atoms with Crippen LogP contribution in [0.2, 0.25) is 0 Å². The first-order chi connectivity index (χ1) is 14.7. The van der Waals surface area contributed by atoms with E-state index in [0.29, 0.717) is 17.5 Å². The Balaban J connectivity index is 1.65. The van der Waals surface area contributed by atoms with Gasteiger partial charge in [0.2, 0.25) is 0 Å². The maximum absolute atomic E-state index is 13.7. The molecule has 0 unspecified atom stereocenters. The summed E-state index contributed by atoms with van der Waals surface area (Å²) < 4.78 is 0. The molecule has 4 aromatic rings. The molecule has 0 atom stereocenters. The second kappa shape index (κ2) is 7.23. The van der Waals surface area contributed by atoms with Crippen LogP contribution in [0.25, 0.3) is 11.1 Å². The zero-order valence-electron chi connectivity index (χ0n) is 16.4. The Bertz CT molecular complexity index is 1190. The molecule has 0 radical (unpaired) electrons. The lowest BCUT2D eigenvalue weighted by Crippen LogP contribution is -2.40. The first-order valence-electron chi connectivity index (χ1n) is 10.1. The number of Topliss-reactive ketones (excluding diaryl/α,β-unsaturated/α-hetero) is 2. The van der Waals surface area contributed by atoms with Crippen LogP contribution in [-0.2, 0) is 11.8 Å². The second-order valence-corrected chi connectivity index (χ2v) is 7.71. The van der Waals surface area contributed by atoms with Crippen molar-refractivity contribution < 1.29 is 9.59 Å². The van der Waals surface area contributed by atoms with Gasteiger partial charge in [-0.25, -0.2) is 0 Å². The van der Waals surface area contributed by atoms with Crippen LogP contribution in [0, 0.1) is 0 Å². The van der Waals surface area contributed by atoms with Crippen LogP contribution < -0.4 is 0 Å². The summed E-state index contributed by atoms with van der Waals surface area (Å²) in [7, 11) is 0. The van der Waals surface area contributed by atoms with Crippen molar-refractivity contribution in [2.75, 3.05) is 0 Å². The molecule has 1 aliphatic carbocycles. The van der Waals surface area contributed by atoms with Gasteiger partial charge in [0.05, 0.1) is 0 Å². The van der Waals surface area contributed by atoms with E-state index in [1.807, 2.05) is 84.9 Å². The van der Waals surface area contributed by atoms with E-state index in [9.17, 15) is 9.59 Å². The number of hydrogen-bond acceptors (Lipinski definition) is 2. The third-order valence-electron chi connectivity index (χ3n) is 5.99. The van der Waals surface area contributed by atoms with E-state index in [4.69, 9.17) is 0 Å². The molecule has 0 fully saturated rings. The van der Waals surface area contributed by atoms with Gasteiger partial charge in [-0.15, -0.1) is 0 Å². The van der Waals surface area contributed by atoms with Gasteiger partial charge in [0.25, 0.3) is 0 Å². The summed E-state index contributed by atoms with van der Waals surface area (Å²) in [5, 5.41) is 0. The molecule has 0 aliphatic heterocycles. The van der Waals surface area contributed by atoms with Gasteiger partial charge in [0, 0.05) is 11.1 Å². The summed E-state index contributed by atoms with van der Waals surface area (Å²) in [6.07, 6.45) is 0.352. The van der Waals surface area contributed by atoms with E-state index < -0.39 is 5.41 Å². The highest BCUT2D eigenvalue weighted by atomic mass is 16.2. The minimum atomic E-state index is -1.22. The van der Waals surface area contributed by atoms with Gasteiger partial charge in [-0.1, -0.05) is 109 Å². The molecule has 1 aliphatic rings. The second-order valence-electron chi connectivity index (χ2n) is 7.71. The molecular formula is C28H20O2. The van der Waals surface area contributed by atoms with Gasteiger partial charge in [0.1, 0.15) is 5.41 Å². The van der Waals surface area contributed by atoms with E-state index in [-0.39, 0.29) is 11.6 Å². The molecule has 0 saturated carbocycles. The Kier molecular flexibility index (Phi) is 4.40. The number of carbonyl (C=O) groups excluding carboxylic acids is 2. The average molecular weight is 388 g/mol. The summed E-state index contributed by atoms with van der Waals surface area (Å²) in [5.74, 6) is -0.223. The molecule has 0 aromatic heterocycles. The summed E-state index contributed by atoms with van der Waals surface area (Å²) in [6.45, 7) is 0. The van der Waals surface area contributed by atoms with Crippen molar-refractivity contribution in [2.45, 2.75) is 11.8 Å². The maximum atomic E-state index is 13.7. The van der Waals surface area contributed by atoms with Crippen LogP contribution in [0.5, 0.6) is 0 Å². The quantitative estimate of drug-likeness (QED) is 0.407. The van der Waals surface area contributed by atoms with Gasteiger partial charge in [0.15, 0.2) is 11.6 Å². The van der Waals surface area contributed by atoms with Crippen LogP contribution in [0.1, 0.15) is 31.8 Å². The third-order valence-corrected chi connectivity index (χ3v) is 5.99. The van der Waals surface area contributed by atoms with Crippen LogP contribution in [0.3, 0.4) is 0 Å². The minimum Gasteiger partial charge on any atom is -0.293 e. The number of rotatable bonds is 4. The molecule has 2 nitrogen and oxygen atoms in total. The number of hydrogen-bond donors (Lipinski definition) is 0. The number of fused-ring (bicyclic) bond motifs is 1. The topological polar surface area (TPSA) is 34.1 Å². The molecule has 144 valence electrons. The normalized spacial score (nSPS) is 14.5. The highest BCUT2D eigenvalue weighted by molar-refractivity contribution is 6.33. The maximum Gasteiger partial charge on any atom is 0.182 e. The van der Waals surface area contributed by atoms with Crippen molar-refractivity contribution in [1.29, 1.82) is 0 Å². The smallest absolute Gasteiger partial charge is 0.182 e. The van der Waals surface area contributed by atoms with Crippen LogP contribution in [0.4, 0.5) is 0 Å². The van der Waals surface area contributed by atoms with E-state index in [0.717, 1.165) is 22.3 Å². The van der Waals surface area contributed by atoms with Gasteiger partial charge < -0.3 is 0 Å². The van der Waals surface area contributed by atoms with Crippen molar-refractivity contribution >= 4 is 11.6 Å². The lowest BCUT2D eigenvalue weighted by molar-refractivity contribution is 0.0793. The number of ketones is 2. The van der Waals surface area contributed by atoms with Gasteiger partial charge >= 0.3 is 0 Å². The number of carbonyl (C=O) groups is 2. The molecule has 0 saturated heterocycles. The van der Waals surface area contributed by atoms with Crippen LogP contribution >= 0.6 is 0 Å². The van der Waals surface area contributed by atoms with Gasteiger partial charge in [-0.05, 0) is 28.7 Å². The van der Waals surface area contributed by atoms with Crippen LogP contribution in [-0.4, -0.2) is 11.6 Å². The molecule has 0 bridgehead atoms. The largest absolute Gasteiger partial charge is 0.293 e. The fourth-order valence-electron chi connectivity index (χ4n) is 4.45. The summed E-state index contributed by atoms with van der Waals surface area (Å²) >= 11 is 0. The lowest BCUT2D eigenvalue weighted by Gasteiger charge is -2.27. The Labute approximate surface area is 175 Å². The van der Waals surface area contributed by atoms with Gasteiger partial charge in [-0.2, -0.15) is 0 Å². The number of benzene rings is 4. The Morgan fingerprint density at radius 2 is 0.967 bits per heavy atom. The third kappa shape index (κ3) is 2.81. The Morgan fingerprint density at radius 3 is 1.53 bits per heavy atom. The predicted molar refractivity (Wildman–Crippen MR) is 119 cm³/mol. The van der Waals surface area contributed by atoms with E-state index in [1.54, 1.807) is 12.1 Å². The van der Waals surface area contributed by atoms with Crippen molar-refractivity contribution in [3.8, 4) is 11.1 Å². The molecular weight excluding hydrogens is 368 g/mol. The zero-order valence-corrected chi connectivity index (χ0v) is 16.4. The van der Waals surface area contributed by atoms with Crippen molar-refractivity contribution in [3.05, 3.63) is 131 Å². The molecule has 0 amide bonds. The Morgan fingerprint density at radius 1 is 0.500 bits per heavy atom. The average Bonchev–Trinajstić information content (AvgIpc) is 3.03. The van der Waals surface area contributed by atoms with E-state index in [1.165, 1.54) is 0 Å². The standard InChI is InChI=1S/C28H20O2/c29-26-24-13-7-8-14-25(24)27(30)28(26,19-20-9-3-1-4-10-20)23-17-15-22(16-18-23)21-11-5-2-6-12-21/h1-18H,19H2. The SMILES string of the molecule is O=C1c2ccccc2C(=O)C1(Cc1ccccc1)c1ccc(-c2ccccc2)cc1. The zero-order chi connectivity index (χ0) is 20.6. The highest BCUT2D eigenvalue weighted by Gasteiger charge is 2.53. The van der Waals surface area contributed by atoms with Crippen molar-refractivity contribution in [1.82, 2.24) is 0 Å². The summed E-state index contributed by atoms with van der Waals surface area (Å²) in [6, 6.07) is 34.9. The Hall–Kier alpha value is -3.78. The highest BCUT2D eigenvalue weighted by Crippen LogP contribution is 2.42. The first kappa shape index (κ1) is 18.3. The van der Waals surface area contributed by atoms with Crippen molar-refractivity contribution in [3.63, 3.8) is 0 Å². The van der Waals surface area contributed by atoms with Crippen LogP contribution in [0.15, 0.2) is 109 Å². The molecule has 4 aromatic carbocycles. The fourth-order valence-corrected chi connectivity index (χ4v) is 4.45. The minimum absolute atomic E-state index is 0.112. The van der Waals surface area contributed by atoms with Crippen molar-refractivity contribution in [2.24, 2.45) is 0 Å². The molecule has 0 heterocycles. The summed E-state index contributed by atoms with van der Waals surface area (Å²) in [5.41, 5.74) is 3.70.